The van der Waals surface area contributed by atoms with Gasteiger partial charge in [0.2, 0.25) is 0 Å². The third kappa shape index (κ3) is 2.33. The Morgan fingerprint density at radius 3 is 3.13 bits per heavy atom. The van der Waals surface area contributed by atoms with E-state index in [1.54, 1.807) is 0 Å². The van der Waals surface area contributed by atoms with Gasteiger partial charge in [-0.3, -0.25) is 5.43 Å². The Labute approximate surface area is 103 Å². The average Bonchev–Trinajstić information content (AvgIpc) is 2.70. The van der Waals surface area contributed by atoms with E-state index in [0.29, 0.717) is 15.7 Å². The molecule has 1 aromatic heterocycles. The zero-order chi connectivity index (χ0) is 10.8. The second kappa shape index (κ2) is 4.78. The lowest BCUT2D eigenvalue weighted by molar-refractivity contribution is 0.190. The first-order chi connectivity index (χ1) is 7.22. The number of aromatic nitrogens is 1. The van der Waals surface area contributed by atoms with Crippen LogP contribution in [0.5, 0.6) is 0 Å². The number of pyridine rings is 1. The van der Waals surface area contributed by atoms with Crippen LogP contribution in [-0.2, 0) is 0 Å². The van der Waals surface area contributed by atoms with Crippen molar-refractivity contribution in [2.75, 3.05) is 13.6 Å². The SMILES string of the molecule is CNN1CCC[C@@H]1c1cnc(Br)c(Cl)c1. The quantitative estimate of drug-likeness (QED) is 0.849. The Kier molecular flexibility index (Phi) is 3.61. The summed E-state index contributed by atoms with van der Waals surface area (Å²) < 4.78 is 0.710. The van der Waals surface area contributed by atoms with Crippen LogP contribution in [0.2, 0.25) is 5.02 Å². The molecule has 0 radical (unpaired) electrons. The predicted octanol–water partition coefficient (Wildman–Crippen LogP) is 2.77. The van der Waals surface area contributed by atoms with Crippen molar-refractivity contribution in [1.29, 1.82) is 0 Å². The molecule has 0 amide bonds. The predicted molar refractivity (Wildman–Crippen MR) is 64.7 cm³/mol. The largest absolute Gasteiger partial charge is 0.258 e. The third-order valence-electron chi connectivity index (χ3n) is 2.74. The van der Waals surface area contributed by atoms with E-state index in [0.717, 1.165) is 13.0 Å². The fourth-order valence-corrected chi connectivity index (χ4v) is 2.39. The van der Waals surface area contributed by atoms with Crippen LogP contribution in [0.15, 0.2) is 16.9 Å². The molecular weight excluding hydrogens is 277 g/mol. The molecule has 1 atom stereocenters. The highest BCUT2D eigenvalue weighted by atomic mass is 79.9. The second-order valence-electron chi connectivity index (χ2n) is 3.62. The van der Waals surface area contributed by atoms with Gasteiger partial charge in [0.25, 0.3) is 0 Å². The molecule has 3 nitrogen and oxygen atoms in total. The molecule has 0 unspecified atom stereocenters. The van der Waals surface area contributed by atoms with Gasteiger partial charge < -0.3 is 0 Å². The number of halogens is 2. The first kappa shape index (κ1) is 11.3. The monoisotopic (exact) mass is 289 g/mol. The van der Waals surface area contributed by atoms with E-state index < -0.39 is 0 Å². The van der Waals surface area contributed by atoms with E-state index in [4.69, 9.17) is 11.6 Å². The Morgan fingerprint density at radius 1 is 1.67 bits per heavy atom. The van der Waals surface area contributed by atoms with Crippen LogP contribution in [-0.4, -0.2) is 23.6 Å². The van der Waals surface area contributed by atoms with E-state index in [2.05, 4.69) is 31.3 Å². The molecule has 82 valence electrons. The normalized spacial score (nSPS) is 22.2. The molecule has 1 N–H and O–H groups in total. The van der Waals surface area contributed by atoms with Crippen LogP contribution in [0, 0.1) is 0 Å². The fraction of sp³-hybridized carbons (Fsp3) is 0.500. The Balaban J connectivity index is 2.25. The molecule has 15 heavy (non-hydrogen) atoms. The molecule has 2 heterocycles. The highest BCUT2D eigenvalue weighted by molar-refractivity contribution is 9.10. The maximum Gasteiger partial charge on any atom is 0.124 e. The lowest BCUT2D eigenvalue weighted by Crippen LogP contribution is -2.34. The summed E-state index contributed by atoms with van der Waals surface area (Å²) >= 11 is 9.33. The van der Waals surface area contributed by atoms with Crippen molar-refractivity contribution in [3.8, 4) is 0 Å². The molecule has 1 fully saturated rings. The van der Waals surface area contributed by atoms with E-state index in [9.17, 15) is 0 Å². The summed E-state index contributed by atoms with van der Waals surface area (Å²) in [5, 5.41) is 2.90. The Hall–Kier alpha value is -0.160. The summed E-state index contributed by atoms with van der Waals surface area (Å²) in [7, 11) is 1.95. The summed E-state index contributed by atoms with van der Waals surface area (Å²) in [4.78, 5) is 4.22. The van der Waals surface area contributed by atoms with Gasteiger partial charge in [0.15, 0.2) is 0 Å². The summed E-state index contributed by atoms with van der Waals surface area (Å²) in [6.45, 7) is 1.08. The number of rotatable bonds is 2. The van der Waals surface area contributed by atoms with E-state index >= 15 is 0 Å². The molecule has 0 saturated carbocycles. The molecule has 0 bridgehead atoms. The molecule has 1 saturated heterocycles. The van der Waals surface area contributed by atoms with E-state index in [-0.39, 0.29) is 0 Å². The van der Waals surface area contributed by atoms with E-state index in [1.165, 1.54) is 12.0 Å². The molecule has 0 aliphatic carbocycles. The topological polar surface area (TPSA) is 28.2 Å². The van der Waals surface area contributed by atoms with Gasteiger partial charge in [-0.2, -0.15) is 0 Å². The van der Waals surface area contributed by atoms with Gasteiger partial charge in [-0.25, -0.2) is 9.99 Å². The summed E-state index contributed by atoms with van der Waals surface area (Å²) in [5.74, 6) is 0. The van der Waals surface area contributed by atoms with Crippen molar-refractivity contribution in [2.45, 2.75) is 18.9 Å². The summed E-state index contributed by atoms with van der Waals surface area (Å²) in [5.41, 5.74) is 4.37. The van der Waals surface area contributed by atoms with Crippen LogP contribution in [0.3, 0.4) is 0 Å². The summed E-state index contributed by atoms with van der Waals surface area (Å²) in [6, 6.07) is 2.38. The maximum absolute atomic E-state index is 6.03. The van der Waals surface area contributed by atoms with Crippen molar-refractivity contribution in [3.63, 3.8) is 0 Å². The number of hydrogen-bond acceptors (Lipinski definition) is 3. The van der Waals surface area contributed by atoms with Crippen LogP contribution in [0.4, 0.5) is 0 Å². The third-order valence-corrected chi connectivity index (χ3v) is 3.89. The van der Waals surface area contributed by atoms with Gasteiger partial charge in [-0.15, -0.1) is 0 Å². The zero-order valence-electron chi connectivity index (χ0n) is 8.50. The lowest BCUT2D eigenvalue weighted by atomic mass is 10.1. The van der Waals surface area contributed by atoms with Crippen molar-refractivity contribution >= 4 is 27.5 Å². The smallest absolute Gasteiger partial charge is 0.124 e. The van der Waals surface area contributed by atoms with Crippen LogP contribution >= 0.6 is 27.5 Å². The van der Waals surface area contributed by atoms with Gasteiger partial charge in [0, 0.05) is 12.7 Å². The molecule has 0 spiro atoms. The van der Waals surface area contributed by atoms with Crippen LogP contribution < -0.4 is 5.43 Å². The number of hydrazine groups is 1. The molecule has 1 aliphatic heterocycles. The highest BCUT2D eigenvalue weighted by Crippen LogP contribution is 2.32. The van der Waals surface area contributed by atoms with Crippen LogP contribution in [0.1, 0.15) is 24.4 Å². The maximum atomic E-state index is 6.03. The van der Waals surface area contributed by atoms with Gasteiger partial charge in [0.1, 0.15) is 4.60 Å². The molecule has 1 aliphatic rings. The van der Waals surface area contributed by atoms with Crippen molar-refractivity contribution in [2.24, 2.45) is 0 Å². The van der Waals surface area contributed by atoms with Crippen molar-refractivity contribution in [1.82, 2.24) is 15.4 Å². The number of nitrogens with zero attached hydrogens (tertiary/aromatic N) is 2. The zero-order valence-corrected chi connectivity index (χ0v) is 10.8. The standard InChI is InChI=1S/C10H13BrClN3/c1-13-15-4-2-3-9(15)7-5-8(12)10(11)14-6-7/h5-6,9,13H,2-4H2,1H3/t9-/m1/s1. The summed E-state index contributed by atoms with van der Waals surface area (Å²) in [6.07, 6.45) is 4.25. The minimum atomic E-state index is 0.396. The first-order valence-corrected chi connectivity index (χ1v) is 6.14. The molecule has 0 aromatic carbocycles. The van der Waals surface area contributed by atoms with Gasteiger partial charge >= 0.3 is 0 Å². The highest BCUT2D eigenvalue weighted by Gasteiger charge is 2.25. The average molecular weight is 291 g/mol. The minimum Gasteiger partial charge on any atom is -0.258 e. The molecule has 1 aromatic rings. The van der Waals surface area contributed by atoms with Gasteiger partial charge in [-0.05, 0) is 47.4 Å². The second-order valence-corrected chi connectivity index (χ2v) is 4.77. The Morgan fingerprint density at radius 2 is 2.47 bits per heavy atom. The molecule has 2 rings (SSSR count). The van der Waals surface area contributed by atoms with E-state index in [1.807, 2.05) is 19.3 Å². The van der Waals surface area contributed by atoms with Crippen molar-refractivity contribution in [3.05, 3.63) is 27.5 Å². The first-order valence-electron chi connectivity index (χ1n) is 4.97. The van der Waals surface area contributed by atoms with Crippen molar-refractivity contribution < 1.29 is 0 Å². The number of nitrogens with one attached hydrogen (secondary N) is 1. The van der Waals surface area contributed by atoms with Gasteiger partial charge in [0.05, 0.1) is 11.1 Å². The minimum absolute atomic E-state index is 0.396. The number of hydrogen-bond donors (Lipinski definition) is 1. The molecule has 5 heteroatoms. The van der Waals surface area contributed by atoms with Gasteiger partial charge in [-0.1, -0.05) is 11.6 Å². The molecular formula is C10H13BrClN3. The Bertz CT molecular complexity index is 359. The van der Waals surface area contributed by atoms with Crippen LogP contribution in [0.25, 0.3) is 0 Å². The fourth-order valence-electron chi connectivity index (χ4n) is 2.00. The lowest BCUT2D eigenvalue weighted by Gasteiger charge is -2.23.